The van der Waals surface area contributed by atoms with E-state index < -0.39 is 0 Å². The molecule has 0 aromatic heterocycles. The van der Waals surface area contributed by atoms with Crippen LogP contribution in [0.15, 0.2) is 54.6 Å². The van der Waals surface area contributed by atoms with Gasteiger partial charge in [0.25, 0.3) is 0 Å². The van der Waals surface area contributed by atoms with Crippen molar-refractivity contribution in [1.29, 1.82) is 0 Å². The molecule has 25 heavy (non-hydrogen) atoms. The highest BCUT2D eigenvalue weighted by Crippen LogP contribution is 2.17. The van der Waals surface area contributed by atoms with E-state index in [1.807, 2.05) is 54.6 Å². The van der Waals surface area contributed by atoms with Crippen molar-refractivity contribution in [2.24, 2.45) is 0 Å². The summed E-state index contributed by atoms with van der Waals surface area (Å²) in [6.07, 6.45) is 8.65. The Morgan fingerprint density at radius 3 is 2.64 bits per heavy atom. The molecular formula is C22H25ClO2. The first-order chi connectivity index (χ1) is 12.2. The Kier molecular flexibility index (Phi) is 8.27. The Morgan fingerprint density at radius 1 is 1.08 bits per heavy atom. The molecule has 0 atom stereocenters. The summed E-state index contributed by atoms with van der Waals surface area (Å²) in [5.41, 5.74) is 2.03. The number of unbranched alkanes of at least 4 members (excludes halogenated alkanes) is 3. The minimum atomic E-state index is 0.184. The highest BCUT2D eigenvalue weighted by Gasteiger charge is 1.99. The molecule has 0 aliphatic heterocycles. The molecule has 0 spiro atoms. The van der Waals surface area contributed by atoms with Gasteiger partial charge in [-0.3, -0.25) is 4.79 Å². The quantitative estimate of drug-likeness (QED) is 0.360. The fraction of sp³-hybridized carbons (Fsp3) is 0.318. The summed E-state index contributed by atoms with van der Waals surface area (Å²) in [5, 5.41) is 0.718. The number of carbonyl (C=O) groups excluding carboxylic acids is 1. The first kappa shape index (κ1) is 19.3. The summed E-state index contributed by atoms with van der Waals surface area (Å²) in [7, 11) is 0. The number of carbonyl (C=O) groups is 1. The average Bonchev–Trinajstić information content (AvgIpc) is 2.63. The van der Waals surface area contributed by atoms with E-state index >= 15 is 0 Å². The Hall–Kier alpha value is -2.06. The molecule has 0 aliphatic carbocycles. The van der Waals surface area contributed by atoms with Gasteiger partial charge in [0.1, 0.15) is 12.4 Å². The Morgan fingerprint density at radius 2 is 1.88 bits per heavy atom. The number of allylic oxidation sites excluding steroid dienone is 1. The minimum absolute atomic E-state index is 0.184. The van der Waals surface area contributed by atoms with Crippen LogP contribution in [0.3, 0.4) is 0 Å². The molecule has 2 aromatic rings. The molecule has 0 bridgehead atoms. The number of halogens is 1. The van der Waals surface area contributed by atoms with Gasteiger partial charge in [0.2, 0.25) is 0 Å². The second-order valence-electron chi connectivity index (χ2n) is 6.10. The van der Waals surface area contributed by atoms with E-state index in [0.717, 1.165) is 34.7 Å². The van der Waals surface area contributed by atoms with Gasteiger partial charge in [-0.05, 0) is 47.9 Å². The van der Waals surface area contributed by atoms with Gasteiger partial charge in [-0.15, -0.1) is 0 Å². The van der Waals surface area contributed by atoms with E-state index in [1.165, 1.54) is 12.8 Å². The molecule has 2 aromatic carbocycles. The van der Waals surface area contributed by atoms with Crippen LogP contribution in [0.5, 0.6) is 5.75 Å². The Labute approximate surface area is 155 Å². The smallest absolute Gasteiger partial charge is 0.155 e. The molecule has 0 aliphatic rings. The van der Waals surface area contributed by atoms with Gasteiger partial charge in [-0.25, -0.2) is 0 Å². The van der Waals surface area contributed by atoms with E-state index in [0.29, 0.717) is 13.0 Å². The zero-order valence-corrected chi connectivity index (χ0v) is 15.5. The van der Waals surface area contributed by atoms with Crippen molar-refractivity contribution in [3.8, 4) is 5.75 Å². The monoisotopic (exact) mass is 356 g/mol. The van der Waals surface area contributed by atoms with Crippen LogP contribution in [-0.2, 0) is 11.4 Å². The molecule has 2 rings (SSSR count). The molecular weight excluding hydrogens is 332 g/mol. The molecule has 2 nitrogen and oxygen atoms in total. The van der Waals surface area contributed by atoms with Crippen molar-refractivity contribution in [3.63, 3.8) is 0 Å². The topological polar surface area (TPSA) is 26.3 Å². The third kappa shape index (κ3) is 7.57. The maximum atomic E-state index is 11.9. The van der Waals surface area contributed by atoms with Gasteiger partial charge >= 0.3 is 0 Å². The summed E-state index contributed by atoms with van der Waals surface area (Å²) in [5.74, 6) is 0.969. The molecule has 0 amide bonds. The summed E-state index contributed by atoms with van der Waals surface area (Å²) in [4.78, 5) is 11.9. The lowest BCUT2D eigenvalue weighted by Crippen LogP contribution is -1.95. The number of rotatable bonds is 10. The fourth-order valence-corrected chi connectivity index (χ4v) is 2.58. The van der Waals surface area contributed by atoms with Crippen LogP contribution in [0, 0.1) is 0 Å². The second-order valence-corrected chi connectivity index (χ2v) is 6.53. The molecule has 0 saturated heterocycles. The summed E-state index contributed by atoms with van der Waals surface area (Å²) in [6.45, 7) is 2.66. The van der Waals surface area contributed by atoms with Gasteiger partial charge < -0.3 is 4.74 Å². The summed E-state index contributed by atoms with van der Waals surface area (Å²) in [6, 6.07) is 15.4. The van der Waals surface area contributed by atoms with Crippen LogP contribution in [-0.4, -0.2) is 5.78 Å². The third-order valence-electron chi connectivity index (χ3n) is 3.92. The molecule has 3 heteroatoms. The highest BCUT2D eigenvalue weighted by molar-refractivity contribution is 6.30. The van der Waals surface area contributed by atoms with E-state index in [1.54, 1.807) is 6.08 Å². The maximum absolute atomic E-state index is 11.9. The fourth-order valence-electron chi connectivity index (χ4n) is 2.45. The molecule has 0 fully saturated rings. The molecule has 0 saturated carbocycles. The number of ether oxygens (including phenoxy) is 1. The van der Waals surface area contributed by atoms with E-state index in [4.69, 9.17) is 16.3 Å². The van der Waals surface area contributed by atoms with Crippen LogP contribution in [0.1, 0.15) is 50.2 Å². The first-order valence-electron chi connectivity index (χ1n) is 8.85. The van der Waals surface area contributed by atoms with Crippen LogP contribution >= 0.6 is 11.6 Å². The van der Waals surface area contributed by atoms with Gasteiger partial charge in [0.15, 0.2) is 5.78 Å². The standard InChI is InChI=1S/C22H25ClO2/c1-2-3-4-5-8-21(24)15-12-18-7-6-9-22(16-18)25-17-19-10-13-20(23)14-11-19/h6-7,9-16H,2-5,8,17H2,1H3/b15-12+. The maximum Gasteiger partial charge on any atom is 0.155 e. The van der Waals surface area contributed by atoms with Gasteiger partial charge in [0.05, 0.1) is 0 Å². The Balaban J connectivity index is 1.84. The number of hydrogen-bond acceptors (Lipinski definition) is 2. The predicted molar refractivity (Wildman–Crippen MR) is 105 cm³/mol. The van der Waals surface area contributed by atoms with Gasteiger partial charge in [-0.1, -0.05) is 68.1 Å². The van der Waals surface area contributed by atoms with Crippen molar-refractivity contribution < 1.29 is 9.53 Å². The van der Waals surface area contributed by atoms with Gasteiger partial charge in [-0.2, -0.15) is 0 Å². The third-order valence-corrected chi connectivity index (χ3v) is 4.17. The van der Waals surface area contributed by atoms with E-state index in [-0.39, 0.29) is 5.78 Å². The van der Waals surface area contributed by atoms with E-state index in [2.05, 4.69) is 6.92 Å². The molecule has 0 radical (unpaired) electrons. The average molecular weight is 357 g/mol. The predicted octanol–water partition coefficient (Wildman–Crippen LogP) is 6.47. The first-order valence-corrected chi connectivity index (χ1v) is 9.23. The van der Waals surface area contributed by atoms with Crippen molar-refractivity contribution in [1.82, 2.24) is 0 Å². The summed E-state index contributed by atoms with van der Waals surface area (Å²) >= 11 is 5.88. The Bertz CT molecular complexity index is 689. The largest absolute Gasteiger partial charge is 0.489 e. The lowest BCUT2D eigenvalue weighted by atomic mass is 10.1. The van der Waals surface area contributed by atoms with Crippen LogP contribution in [0.25, 0.3) is 6.08 Å². The number of hydrogen-bond donors (Lipinski definition) is 0. The number of ketones is 1. The van der Waals surface area contributed by atoms with Crippen molar-refractivity contribution in [2.75, 3.05) is 0 Å². The molecule has 0 unspecified atom stereocenters. The molecule has 0 N–H and O–H groups in total. The number of benzene rings is 2. The lowest BCUT2D eigenvalue weighted by molar-refractivity contribution is -0.114. The zero-order chi connectivity index (χ0) is 17.9. The second kappa shape index (κ2) is 10.7. The highest BCUT2D eigenvalue weighted by atomic mass is 35.5. The van der Waals surface area contributed by atoms with Crippen molar-refractivity contribution >= 4 is 23.5 Å². The molecule has 132 valence electrons. The minimum Gasteiger partial charge on any atom is -0.489 e. The zero-order valence-electron chi connectivity index (χ0n) is 14.7. The van der Waals surface area contributed by atoms with Gasteiger partial charge in [0, 0.05) is 11.4 Å². The van der Waals surface area contributed by atoms with E-state index in [9.17, 15) is 4.79 Å². The van der Waals surface area contributed by atoms with Crippen LogP contribution < -0.4 is 4.74 Å². The van der Waals surface area contributed by atoms with Crippen molar-refractivity contribution in [3.05, 3.63) is 70.8 Å². The van der Waals surface area contributed by atoms with Crippen molar-refractivity contribution in [2.45, 2.75) is 45.6 Å². The lowest BCUT2D eigenvalue weighted by Gasteiger charge is -2.07. The van der Waals surface area contributed by atoms with Crippen LogP contribution in [0.4, 0.5) is 0 Å². The normalized spacial score (nSPS) is 11.0. The summed E-state index contributed by atoms with van der Waals surface area (Å²) < 4.78 is 5.81. The van der Waals surface area contributed by atoms with Crippen LogP contribution in [0.2, 0.25) is 5.02 Å². The molecule has 0 heterocycles. The SMILES string of the molecule is CCCCCCC(=O)/C=C/c1cccc(OCc2ccc(Cl)cc2)c1.